The van der Waals surface area contributed by atoms with Crippen LogP contribution in [0, 0.1) is 27.7 Å². The highest BCUT2D eigenvalue weighted by atomic mass is 16.5. The zero-order valence-corrected chi connectivity index (χ0v) is 13.7. The molecule has 0 amide bonds. The SMILES string of the molecule is CCOc1cc(C)ccc1NCc1cc(C)c(C)cc1C. The quantitative estimate of drug-likeness (QED) is 0.840. The first-order valence-corrected chi connectivity index (χ1v) is 7.55. The lowest BCUT2D eigenvalue weighted by atomic mass is 10.0. The van der Waals surface area contributed by atoms with Crippen molar-refractivity contribution in [2.45, 2.75) is 41.2 Å². The first-order valence-electron chi connectivity index (χ1n) is 7.55. The molecule has 0 aliphatic heterocycles. The predicted octanol–water partition coefficient (Wildman–Crippen LogP) is 4.93. The highest BCUT2D eigenvalue weighted by molar-refractivity contribution is 5.58. The Hall–Kier alpha value is -1.96. The second-order valence-corrected chi connectivity index (χ2v) is 5.65. The van der Waals surface area contributed by atoms with Crippen LogP contribution in [0.25, 0.3) is 0 Å². The lowest BCUT2D eigenvalue weighted by molar-refractivity contribution is 0.341. The summed E-state index contributed by atoms with van der Waals surface area (Å²) in [6.45, 7) is 12.1. The summed E-state index contributed by atoms with van der Waals surface area (Å²) in [5, 5.41) is 3.50. The van der Waals surface area contributed by atoms with Gasteiger partial charge in [-0.2, -0.15) is 0 Å². The van der Waals surface area contributed by atoms with E-state index in [2.05, 4.69) is 63.3 Å². The van der Waals surface area contributed by atoms with Gasteiger partial charge in [0.1, 0.15) is 5.75 Å². The zero-order chi connectivity index (χ0) is 15.4. The van der Waals surface area contributed by atoms with Crippen LogP contribution in [0.5, 0.6) is 5.75 Å². The summed E-state index contributed by atoms with van der Waals surface area (Å²) in [6, 6.07) is 10.8. The molecular weight excluding hydrogens is 258 g/mol. The van der Waals surface area contributed by atoms with Gasteiger partial charge in [0.25, 0.3) is 0 Å². The minimum atomic E-state index is 0.681. The van der Waals surface area contributed by atoms with Crippen molar-refractivity contribution in [1.82, 2.24) is 0 Å². The Labute approximate surface area is 128 Å². The summed E-state index contributed by atoms with van der Waals surface area (Å²) >= 11 is 0. The fraction of sp³-hybridized carbons (Fsp3) is 0.368. The summed E-state index contributed by atoms with van der Waals surface area (Å²) in [7, 11) is 0. The van der Waals surface area contributed by atoms with E-state index in [4.69, 9.17) is 4.74 Å². The Bertz CT molecular complexity index is 632. The summed E-state index contributed by atoms with van der Waals surface area (Å²) in [4.78, 5) is 0. The zero-order valence-electron chi connectivity index (χ0n) is 13.7. The summed E-state index contributed by atoms with van der Waals surface area (Å²) in [6.07, 6.45) is 0. The van der Waals surface area contributed by atoms with Crippen molar-refractivity contribution < 1.29 is 4.74 Å². The molecule has 2 aromatic carbocycles. The predicted molar refractivity (Wildman–Crippen MR) is 90.3 cm³/mol. The lowest BCUT2D eigenvalue weighted by Crippen LogP contribution is -2.05. The molecule has 0 spiro atoms. The second kappa shape index (κ2) is 6.66. The molecule has 2 rings (SSSR count). The van der Waals surface area contributed by atoms with Gasteiger partial charge in [0.2, 0.25) is 0 Å². The van der Waals surface area contributed by atoms with Crippen molar-refractivity contribution in [3.8, 4) is 5.75 Å². The van der Waals surface area contributed by atoms with E-state index >= 15 is 0 Å². The topological polar surface area (TPSA) is 21.3 Å². The summed E-state index contributed by atoms with van der Waals surface area (Å²) in [5.41, 5.74) is 7.62. The Morgan fingerprint density at radius 2 is 1.62 bits per heavy atom. The van der Waals surface area contributed by atoms with Gasteiger partial charge in [-0.05, 0) is 74.6 Å². The van der Waals surface area contributed by atoms with Gasteiger partial charge in [0, 0.05) is 6.54 Å². The molecule has 2 heteroatoms. The Morgan fingerprint density at radius 1 is 0.905 bits per heavy atom. The number of rotatable bonds is 5. The molecule has 2 nitrogen and oxygen atoms in total. The van der Waals surface area contributed by atoms with Crippen LogP contribution in [0.4, 0.5) is 5.69 Å². The van der Waals surface area contributed by atoms with E-state index in [1.807, 2.05) is 6.92 Å². The van der Waals surface area contributed by atoms with Crippen molar-refractivity contribution in [1.29, 1.82) is 0 Å². The monoisotopic (exact) mass is 283 g/mol. The van der Waals surface area contributed by atoms with E-state index in [0.29, 0.717) is 6.61 Å². The Balaban J connectivity index is 2.18. The van der Waals surface area contributed by atoms with Gasteiger partial charge in [-0.1, -0.05) is 18.2 Å². The third kappa shape index (κ3) is 3.78. The molecule has 21 heavy (non-hydrogen) atoms. The van der Waals surface area contributed by atoms with Crippen molar-refractivity contribution in [3.63, 3.8) is 0 Å². The van der Waals surface area contributed by atoms with Crippen LogP contribution in [-0.2, 0) is 6.54 Å². The maximum atomic E-state index is 5.72. The Kier molecular flexibility index (Phi) is 4.89. The second-order valence-electron chi connectivity index (χ2n) is 5.65. The molecule has 112 valence electrons. The van der Waals surface area contributed by atoms with E-state index in [9.17, 15) is 0 Å². The first-order chi connectivity index (χ1) is 10.0. The van der Waals surface area contributed by atoms with Crippen LogP contribution in [-0.4, -0.2) is 6.61 Å². The fourth-order valence-electron chi connectivity index (χ4n) is 2.45. The van der Waals surface area contributed by atoms with E-state index < -0.39 is 0 Å². The van der Waals surface area contributed by atoms with E-state index in [1.165, 1.54) is 27.8 Å². The minimum Gasteiger partial charge on any atom is -0.492 e. The molecule has 0 fully saturated rings. The number of ether oxygens (including phenoxy) is 1. The number of aryl methyl sites for hydroxylation is 4. The van der Waals surface area contributed by atoms with Crippen LogP contribution in [0.3, 0.4) is 0 Å². The standard InChI is InChI=1S/C19H25NO/c1-6-21-19-9-13(2)7-8-18(19)20-12-17-11-15(4)14(3)10-16(17)5/h7-11,20H,6,12H2,1-5H3. The number of benzene rings is 2. The minimum absolute atomic E-state index is 0.681. The molecule has 2 aromatic rings. The number of anilines is 1. The summed E-state index contributed by atoms with van der Waals surface area (Å²) < 4.78 is 5.72. The molecule has 0 unspecified atom stereocenters. The molecular formula is C19H25NO. The highest BCUT2D eigenvalue weighted by Crippen LogP contribution is 2.27. The van der Waals surface area contributed by atoms with Gasteiger partial charge in [0.05, 0.1) is 12.3 Å². The third-order valence-electron chi connectivity index (χ3n) is 3.86. The number of hydrogen-bond acceptors (Lipinski definition) is 2. The molecule has 0 heterocycles. The van der Waals surface area contributed by atoms with Crippen LogP contribution >= 0.6 is 0 Å². The van der Waals surface area contributed by atoms with Crippen molar-refractivity contribution in [2.75, 3.05) is 11.9 Å². The maximum absolute atomic E-state index is 5.72. The molecule has 0 aliphatic rings. The van der Waals surface area contributed by atoms with Crippen molar-refractivity contribution in [3.05, 3.63) is 58.1 Å². The van der Waals surface area contributed by atoms with E-state index in [-0.39, 0.29) is 0 Å². The van der Waals surface area contributed by atoms with Crippen LogP contribution in [0.1, 0.15) is 34.7 Å². The number of hydrogen-bond donors (Lipinski definition) is 1. The molecule has 0 aliphatic carbocycles. The molecule has 0 radical (unpaired) electrons. The van der Waals surface area contributed by atoms with Gasteiger partial charge < -0.3 is 10.1 Å². The fourth-order valence-corrected chi connectivity index (χ4v) is 2.45. The Morgan fingerprint density at radius 3 is 2.33 bits per heavy atom. The van der Waals surface area contributed by atoms with Crippen LogP contribution in [0.2, 0.25) is 0 Å². The largest absolute Gasteiger partial charge is 0.492 e. The maximum Gasteiger partial charge on any atom is 0.142 e. The van der Waals surface area contributed by atoms with Crippen LogP contribution in [0.15, 0.2) is 30.3 Å². The first kappa shape index (κ1) is 15.4. The highest BCUT2D eigenvalue weighted by Gasteiger charge is 2.06. The normalized spacial score (nSPS) is 10.5. The third-order valence-corrected chi connectivity index (χ3v) is 3.86. The van der Waals surface area contributed by atoms with Gasteiger partial charge in [0.15, 0.2) is 0 Å². The van der Waals surface area contributed by atoms with Crippen LogP contribution < -0.4 is 10.1 Å². The van der Waals surface area contributed by atoms with Gasteiger partial charge in [-0.25, -0.2) is 0 Å². The van der Waals surface area contributed by atoms with Crippen molar-refractivity contribution in [2.24, 2.45) is 0 Å². The van der Waals surface area contributed by atoms with Gasteiger partial charge in [-0.3, -0.25) is 0 Å². The lowest BCUT2D eigenvalue weighted by Gasteiger charge is -2.15. The van der Waals surface area contributed by atoms with Gasteiger partial charge in [-0.15, -0.1) is 0 Å². The van der Waals surface area contributed by atoms with Gasteiger partial charge >= 0.3 is 0 Å². The van der Waals surface area contributed by atoms with E-state index in [0.717, 1.165) is 18.0 Å². The molecule has 0 saturated carbocycles. The van der Waals surface area contributed by atoms with Crippen molar-refractivity contribution >= 4 is 5.69 Å². The molecule has 1 N–H and O–H groups in total. The smallest absolute Gasteiger partial charge is 0.142 e. The number of nitrogens with one attached hydrogen (secondary N) is 1. The molecule has 0 atom stereocenters. The summed E-state index contributed by atoms with van der Waals surface area (Å²) in [5.74, 6) is 0.930. The molecule has 0 saturated heterocycles. The average Bonchev–Trinajstić information content (AvgIpc) is 2.43. The van der Waals surface area contributed by atoms with E-state index in [1.54, 1.807) is 0 Å². The molecule has 0 aromatic heterocycles. The molecule has 0 bridgehead atoms. The average molecular weight is 283 g/mol.